The summed E-state index contributed by atoms with van der Waals surface area (Å²) < 4.78 is 3.83. The molecule has 6 nitrogen and oxygen atoms in total. The first-order valence-electron chi connectivity index (χ1n) is 11.1. The van der Waals surface area contributed by atoms with Crippen molar-refractivity contribution in [1.82, 2.24) is 30.0 Å². The van der Waals surface area contributed by atoms with E-state index in [1.807, 2.05) is 94.3 Å². The van der Waals surface area contributed by atoms with E-state index in [4.69, 9.17) is 10.2 Å². The molecule has 1 aliphatic carbocycles. The predicted octanol–water partition coefficient (Wildman–Crippen LogP) is 4.31. The number of hydrogen-bond acceptors (Lipinski definition) is 4. The molecule has 0 aliphatic heterocycles. The normalized spacial score (nSPS) is 15.8. The lowest BCUT2D eigenvalue weighted by Crippen LogP contribution is -2.00. The lowest BCUT2D eigenvalue weighted by molar-refractivity contribution is 0.784. The minimum Gasteiger partial charge on any atom is -0.212 e. The number of aromatic nitrogens is 6. The van der Waals surface area contributed by atoms with Crippen molar-refractivity contribution in [3.8, 4) is 11.4 Å². The molecule has 0 atom stereocenters. The number of rotatable bonds is 2. The molecule has 0 saturated heterocycles. The lowest BCUT2D eigenvalue weighted by Gasteiger charge is -2.03. The summed E-state index contributed by atoms with van der Waals surface area (Å²) in [6.45, 7) is 0. The fraction of sp³-hybridized carbons (Fsp3) is 0. The Labute approximate surface area is 193 Å². The summed E-state index contributed by atoms with van der Waals surface area (Å²) in [5.41, 5.74) is 1.91. The Hall–Kier alpha value is -4.84. The molecule has 0 spiro atoms. The van der Waals surface area contributed by atoms with Crippen molar-refractivity contribution < 1.29 is 0 Å². The average Bonchev–Trinajstić information content (AvgIpc) is 3.54. The molecule has 2 heterocycles. The van der Waals surface area contributed by atoms with Gasteiger partial charge in [-0.2, -0.15) is 0 Å². The van der Waals surface area contributed by atoms with E-state index in [-0.39, 0.29) is 0 Å². The van der Waals surface area contributed by atoms with Crippen molar-refractivity contribution in [3.05, 3.63) is 151 Å². The maximum Gasteiger partial charge on any atom is 0.122 e. The summed E-state index contributed by atoms with van der Waals surface area (Å²) in [5, 5.41) is 26.2. The topological polar surface area (TPSA) is 61.4 Å². The van der Waals surface area contributed by atoms with Gasteiger partial charge in [-0.15, -0.1) is 10.2 Å². The van der Waals surface area contributed by atoms with Crippen LogP contribution in [0.15, 0.2) is 109 Å². The van der Waals surface area contributed by atoms with Crippen LogP contribution in [-0.2, 0) is 0 Å². The van der Waals surface area contributed by atoms with Crippen molar-refractivity contribution in [1.29, 1.82) is 0 Å². The van der Waals surface area contributed by atoms with Crippen molar-refractivity contribution in [2.45, 2.75) is 0 Å². The summed E-state index contributed by atoms with van der Waals surface area (Å²) in [6.07, 6.45) is 0. The molecule has 1 aliphatic rings. The van der Waals surface area contributed by atoms with Crippen LogP contribution in [0.25, 0.3) is 11.4 Å². The zero-order valence-corrected chi connectivity index (χ0v) is 18.1. The van der Waals surface area contributed by atoms with Gasteiger partial charge in [-0.05, 0) is 24.3 Å². The third kappa shape index (κ3) is 2.69. The van der Waals surface area contributed by atoms with Crippen molar-refractivity contribution in [2.24, 2.45) is 0 Å². The molecule has 0 saturated carbocycles. The molecule has 4 aromatic carbocycles. The second-order valence-corrected chi connectivity index (χ2v) is 8.16. The van der Waals surface area contributed by atoms with E-state index in [0.29, 0.717) is 0 Å². The molecule has 160 valence electrons. The monoisotopic (exact) mass is 438 g/mol. The van der Waals surface area contributed by atoms with Crippen molar-refractivity contribution >= 4 is 0 Å². The fourth-order valence-electron chi connectivity index (χ4n) is 4.70. The van der Waals surface area contributed by atoms with Crippen LogP contribution >= 0.6 is 0 Å². The molecule has 6 aromatic rings. The lowest BCUT2D eigenvalue weighted by atomic mass is 10.1. The van der Waals surface area contributed by atoms with Gasteiger partial charge in [-0.3, -0.25) is 0 Å². The van der Waals surface area contributed by atoms with Crippen LogP contribution in [-0.4, -0.2) is 30.0 Å². The highest BCUT2D eigenvalue weighted by atomic mass is 15.4. The van der Waals surface area contributed by atoms with Crippen molar-refractivity contribution in [2.75, 3.05) is 0 Å². The van der Waals surface area contributed by atoms with Gasteiger partial charge in [0.05, 0.1) is 11.4 Å². The van der Waals surface area contributed by atoms with Gasteiger partial charge in [0.15, 0.2) is 0 Å². The fourth-order valence-corrected chi connectivity index (χ4v) is 4.70. The van der Waals surface area contributed by atoms with Gasteiger partial charge in [0, 0.05) is 20.9 Å². The SMILES string of the molecule is c1ccc(-n2nnc3/c2=c2/cccc/c2=c2\nnn(-c4ccccc4)\c2=c2/cccc/c2=3)cc1. The number of nitrogens with zero attached hydrogens (tertiary/aromatic N) is 6. The Morgan fingerprint density at radius 1 is 0.382 bits per heavy atom. The summed E-state index contributed by atoms with van der Waals surface area (Å²) in [6, 6.07) is 36.8. The van der Waals surface area contributed by atoms with Gasteiger partial charge in [-0.25, -0.2) is 9.36 Å². The van der Waals surface area contributed by atoms with Crippen LogP contribution in [0, 0.1) is 42.3 Å². The van der Waals surface area contributed by atoms with Gasteiger partial charge < -0.3 is 0 Å². The number of para-hydroxylation sites is 2. The van der Waals surface area contributed by atoms with E-state index in [0.717, 1.165) is 53.6 Å². The smallest absolute Gasteiger partial charge is 0.122 e. The number of fused-ring (bicyclic) bond motifs is 4. The molecule has 0 radical (unpaired) electrons. The Morgan fingerprint density at radius 2 is 0.735 bits per heavy atom. The third-order valence-electron chi connectivity index (χ3n) is 6.22. The zero-order valence-electron chi connectivity index (χ0n) is 18.1. The van der Waals surface area contributed by atoms with E-state index < -0.39 is 0 Å². The zero-order chi connectivity index (χ0) is 22.5. The molecule has 0 unspecified atom stereocenters. The van der Waals surface area contributed by atoms with Crippen molar-refractivity contribution in [3.63, 3.8) is 0 Å². The van der Waals surface area contributed by atoms with E-state index in [1.165, 1.54) is 0 Å². The van der Waals surface area contributed by atoms with E-state index in [1.54, 1.807) is 0 Å². The summed E-state index contributed by atoms with van der Waals surface area (Å²) in [7, 11) is 0. The standard InChI is InChI=1S/C28H18N6/c1-3-11-19(12-4-1)33-27-23-17-9-7-15-21(23)26-28(34(32-30-26)20-13-5-2-6-14-20)24-18-10-8-16-22(24)25(27)29-31-33/h1-18H/b25-22+,26-21+,27-23+,28-24+. The van der Waals surface area contributed by atoms with Gasteiger partial charge in [0.25, 0.3) is 0 Å². The first kappa shape index (κ1) is 18.7. The quantitative estimate of drug-likeness (QED) is 0.404. The first-order chi connectivity index (χ1) is 16.9. The highest BCUT2D eigenvalue weighted by molar-refractivity contribution is 5.34. The second kappa shape index (κ2) is 7.35. The van der Waals surface area contributed by atoms with Gasteiger partial charge in [0.2, 0.25) is 0 Å². The molecule has 2 aromatic heterocycles. The largest absolute Gasteiger partial charge is 0.212 e. The average molecular weight is 438 g/mol. The van der Waals surface area contributed by atoms with E-state index >= 15 is 0 Å². The second-order valence-electron chi connectivity index (χ2n) is 8.16. The minimum atomic E-state index is 0.832. The predicted molar refractivity (Wildman–Crippen MR) is 126 cm³/mol. The van der Waals surface area contributed by atoms with Crippen LogP contribution < -0.4 is 0 Å². The molecule has 34 heavy (non-hydrogen) atoms. The summed E-state index contributed by atoms with van der Waals surface area (Å²) in [5.74, 6) is 0. The molecular weight excluding hydrogens is 420 g/mol. The molecule has 7 rings (SSSR count). The highest BCUT2D eigenvalue weighted by Gasteiger charge is 2.11. The Morgan fingerprint density at radius 3 is 1.15 bits per heavy atom. The van der Waals surface area contributed by atoms with Crippen LogP contribution in [0.4, 0.5) is 0 Å². The minimum absolute atomic E-state index is 0.832. The van der Waals surface area contributed by atoms with Gasteiger partial charge >= 0.3 is 0 Å². The van der Waals surface area contributed by atoms with Gasteiger partial charge in [-0.1, -0.05) is 95.4 Å². The van der Waals surface area contributed by atoms with Crippen LogP contribution in [0.1, 0.15) is 0 Å². The maximum atomic E-state index is 4.70. The summed E-state index contributed by atoms with van der Waals surface area (Å²) in [4.78, 5) is 0. The van der Waals surface area contributed by atoms with E-state index in [2.05, 4.69) is 34.7 Å². The third-order valence-corrected chi connectivity index (χ3v) is 6.22. The number of hydrogen-bond donors (Lipinski definition) is 0. The Kier molecular flexibility index (Phi) is 4.04. The molecule has 0 bridgehead atoms. The molecule has 0 fully saturated rings. The highest BCUT2D eigenvalue weighted by Crippen LogP contribution is 2.15. The Bertz CT molecular complexity index is 1910. The Balaban J connectivity index is 1.88. The summed E-state index contributed by atoms with van der Waals surface area (Å²) >= 11 is 0. The number of benzene rings is 4. The van der Waals surface area contributed by atoms with Crippen LogP contribution in [0.2, 0.25) is 0 Å². The molecule has 0 N–H and O–H groups in total. The molecule has 6 heteroatoms. The molecule has 0 amide bonds. The first-order valence-corrected chi connectivity index (χ1v) is 11.1. The molecular formula is C28H18N6. The van der Waals surface area contributed by atoms with Gasteiger partial charge in [0.1, 0.15) is 21.4 Å². The van der Waals surface area contributed by atoms with Crippen LogP contribution in [0.5, 0.6) is 0 Å². The van der Waals surface area contributed by atoms with Crippen LogP contribution in [0.3, 0.4) is 0 Å². The van der Waals surface area contributed by atoms with E-state index in [9.17, 15) is 0 Å². The maximum absolute atomic E-state index is 4.70.